The molecule has 110 valence electrons. The van der Waals surface area contributed by atoms with E-state index in [1.807, 2.05) is 25.5 Å². The van der Waals surface area contributed by atoms with Crippen LogP contribution in [0.25, 0.3) is 0 Å². The Bertz CT molecular complexity index is 521. The molecule has 0 bridgehead atoms. The Morgan fingerprint density at radius 2 is 2.25 bits per heavy atom. The smallest absolute Gasteiger partial charge is 0.266 e. The van der Waals surface area contributed by atoms with Crippen LogP contribution in [0.2, 0.25) is 0 Å². The van der Waals surface area contributed by atoms with Crippen molar-refractivity contribution in [2.45, 2.75) is 46.3 Å². The van der Waals surface area contributed by atoms with Crippen molar-refractivity contribution < 1.29 is 9.63 Å². The van der Waals surface area contributed by atoms with Gasteiger partial charge in [0, 0.05) is 32.3 Å². The van der Waals surface area contributed by atoms with Crippen LogP contribution in [0.3, 0.4) is 0 Å². The van der Waals surface area contributed by atoms with E-state index >= 15 is 0 Å². The third-order valence-electron chi connectivity index (χ3n) is 3.44. The zero-order valence-corrected chi connectivity index (χ0v) is 12.6. The number of carbonyl (C=O) groups is 1. The van der Waals surface area contributed by atoms with Crippen molar-refractivity contribution in [2.24, 2.45) is 5.16 Å². The minimum atomic E-state index is -0.436. The Morgan fingerprint density at radius 3 is 2.80 bits per heavy atom. The highest BCUT2D eigenvalue weighted by Crippen LogP contribution is 2.12. The molecule has 0 unspecified atom stereocenters. The lowest BCUT2D eigenvalue weighted by atomic mass is 10.2. The normalized spacial score (nSPS) is 17.8. The largest absolute Gasteiger partial charge is 0.382 e. The lowest BCUT2D eigenvalue weighted by Gasteiger charge is -2.19. The molecule has 0 saturated carbocycles. The monoisotopic (exact) mass is 278 g/mol. The van der Waals surface area contributed by atoms with Crippen molar-refractivity contribution in [3.05, 3.63) is 17.5 Å². The second kappa shape index (κ2) is 6.07. The molecular weight excluding hydrogens is 256 g/mol. The summed E-state index contributed by atoms with van der Waals surface area (Å²) in [6.45, 7) is 7.41. The molecule has 0 spiro atoms. The Kier molecular flexibility index (Phi) is 4.42. The Labute approximate surface area is 119 Å². The molecule has 1 atom stereocenters. The Balaban J connectivity index is 1.76. The minimum absolute atomic E-state index is 0.000956. The van der Waals surface area contributed by atoms with Crippen molar-refractivity contribution in [1.82, 2.24) is 14.7 Å². The fourth-order valence-corrected chi connectivity index (χ4v) is 2.34. The zero-order chi connectivity index (χ0) is 14.7. The summed E-state index contributed by atoms with van der Waals surface area (Å²) in [5.41, 5.74) is 3.05. The van der Waals surface area contributed by atoms with Crippen LogP contribution in [0.4, 0.5) is 0 Å². The van der Waals surface area contributed by atoms with E-state index in [2.05, 4.69) is 16.3 Å². The van der Waals surface area contributed by atoms with Crippen molar-refractivity contribution in [3.63, 3.8) is 0 Å². The number of amides is 1. The van der Waals surface area contributed by atoms with E-state index in [0.29, 0.717) is 13.0 Å². The maximum atomic E-state index is 12.1. The summed E-state index contributed by atoms with van der Waals surface area (Å²) >= 11 is 0. The van der Waals surface area contributed by atoms with Crippen LogP contribution in [0.15, 0.2) is 11.2 Å². The topological polar surface area (TPSA) is 59.7 Å². The molecule has 6 heteroatoms. The molecule has 0 aromatic carbocycles. The number of oxime groups is 1. The average molecular weight is 278 g/mol. The highest BCUT2D eigenvalue weighted by Gasteiger charge is 2.28. The van der Waals surface area contributed by atoms with Gasteiger partial charge in [0.15, 0.2) is 0 Å². The van der Waals surface area contributed by atoms with Gasteiger partial charge in [-0.15, -0.1) is 0 Å². The van der Waals surface area contributed by atoms with Crippen molar-refractivity contribution >= 4 is 11.6 Å². The van der Waals surface area contributed by atoms with E-state index in [4.69, 9.17) is 4.84 Å². The number of aryl methyl sites for hydroxylation is 3. The molecule has 0 radical (unpaired) electrons. The molecule has 1 amide bonds. The summed E-state index contributed by atoms with van der Waals surface area (Å²) in [7, 11) is 1.81. The lowest BCUT2D eigenvalue weighted by Crippen LogP contribution is -2.37. The molecule has 0 fully saturated rings. The number of likely N-dealkylation sites (N-methyl/N-ethyl adjacent to an activating group) is 1. The first kappa shape index (κ1) is 14.6. The molecule has 1 aromatic heterocycles. The first-order valence-electron chi connectivity index (χ1n) is 6.92. The Hall–Kier alpha value is -1.85. The van der Waals surface area contributed by atoms with E-state index in [0.717, 1.165) is 30.1 Å². The fraction of sp³-hybridized carbons (Fsp3) is 0.643. The first-order valence-corrected chi connectivity index (χ1v) is 6.92. The van der Waals surface area contributed by atoms with Crippen LogP contribution in [0, 0.1) is 13.8 Å². The number of carbonyl (C=O) groups excluding carboxylic acids is 1. The number of rotatable bonds is 5. The van der Waals surface area contributed by atoms with E-state index in [1.54, 1.807) is 11.9 Å². The number of hydrogen-bond donors (Lipinski definition) is 0. The van der Waals surface area contributed by atoms with Crippen LogP contribution in [-0.2, 0) is 16.2 Å². The molecule has 20 heavy (non-hydrogen) atoms. The fourth-order valence-electron chi connectivity index (χ4n) is 2.34. The van der Waals surface area contributed by atoms with Gasteiger partial charge < -0.3 is 9.74 Å². The highest BCUT2D eigenvalue weighted by molar-refractivity contribution is 5.91. The minimum Gasteiger partial charge on any atom is -0.382 e. The van der Waals surface area contributed by atoms with E-state index in [-0.39, 0.29) is 5.91 Å². The van der Waals surface area contributed by atoms with Gasteiger partial charge in [0.1, 0.15) is 0 Å². The molecule has 1 aromatic rings. The molecule has 1 aliphatic rings. The first-order chi connectivity index (χ1) is 9.47. The summed E-state index contributed by atoms with van der Waals surface area (Å²) in [6.07, 6.45) is 1.03. The zero-order valence-electron chi connectivity index (χ0n) is 12.6. The molecular formula is C14H22N4O2. The maximum absolute atomic E-state index is 12.1. The van der Waals surface area contributed by atoms with Gasteiger partial charge >= 0.3 is 0 Å². The molecule has 0 aliphatic carbocycles. The van der Waals surface area contributed by atoms with Crippen LogP contribution in [0.5, 0.6) is 0 Å². The quantitative estimate of drug-likeness (QED) is 0.820. The van der Waals surface area contributed by atoms with Gasteiger partial charge in [-0.1, -0.05) is 5.16 Å². The van der Waals surface area contributed by atoms with Crippen molar-refractivity contribution in [1.29, 1.82) is 0 Å². The SMILES string of the molecule is CC1=NO[C@@H](C(=O)N(C)CCCn2nc(C)cc2C)C1. The summed E-state index contributed by atoms with van der Waals surface area (Å²) in [5, 5.41) is 8.23. The van der Waals surface area contributed by atoms with Crippen LogP contribution >= 0.6 is 0 Å². The van der Waals surface area contributed by atoms with Gasteiger partial charge in [-0.05, 0) is 33.3 Å². The molecule has 1 aliphatic heterocycles. The van der Waals surface area contributed by atoms with Crippen molar-refractivity contribution in [2.75, 3.05) is 13.6 Å². The van der Waals surface area contributed by atoms with Gasteiger partial charge in [-0.3, -0.25) is 9.48 Å². The molecule has 6 nitrogen and oxygen atoms in total. The number of aromatic nitrogens is 2. The second-order valence-electron chi connectivity index (χ2n) is 5.39. The second-order valence-corrected chi connectivity index (χ2v) is 5.39. The molecule has 0 saturated heterocycles. The standard InChI is InChI=1S/C14H22N4O2/c1-10-8-12(3)18(15-10)7-5-6-17(4)14(19)13-9-11(2)16-20-13/h8,13H,5-7,9H2,1-4H3/t13-/m1/s1. The van der Waals surface area contributed by atoms with Crippen LogP contribution < -0.4 is 0 Å². The van der Waals surface area contributed by atoms with Gasteiger partial charge in [0.25, 0.3) is 5.91 Å². The Morgan fingerprint density at radius 1 is 1.50 bits per heavy atom. The van der Waals surface area contributed by atoms with E-state index in [1.165, 1.54) is 0 Å². The number of nitrogens with zero attached hydrogens (tertiary/aromatic N) is 4. The molecule has 2 rings (SSSR count). The van der Waals surface area contributed by atoms with Gasteiger partial charge in [0.05, 0.1) is 11.4 Å². The van der Waals surface area contributed by atoms with Gasteiger partial charge in [-0.2, -0.15) is 5.10 Å². The summed E-state index contributed by atoms with van der Waals surface area (Å²) < 4.78 is 1.98. The summed E-state index contributed by atoms with van der Waals surface area (Å²) in [4.78, 5) is 18.9. The molecule has 0 N–H and O–H groups in total. The van der Waals surface area contributed by atoms with E-state index < -0.39 is 6.10 Å². The third kappa shape index (κ3) is 3.37. The summed E-state index contributed by atoms with van der Waals surface area (Å²) in [6, 6.07) is 2.06. The predicted octanol–water partition coefficient (Wildman–Crippen LogP) is 1.51. The number of hydrogen-bond acceptors (Lipinski definition) is 4. The maximum Gasteiger partial charge on any atom is 0.266 e. The average Bonchev–Trinajstić information content (AvgIpc) is 2.95. The molecule has 2 heterocycles. The van der Waals surface area contributed by atoms with Gasteiger partial charge in [0.2, 0.25) is 6.10 Å². The van der Waals surface area contributed by atoms with Crippen molar-refractivity contribution in [3.8, 4) is 0 Å². The lowest BCUT2D eigenvalue weighted by molar-refractivity contribution is -0.140. The van der Waals surface area contributed by atoms with E-state index in [9.17, 15) is 4.79 Å². The predicted molar refractivity (Wildman–Crippen MR) is 76.6 cm³/mol. The summed E-state index contributed by atoms with van der Waals surface area (Å²) in [5.74, 6) is -0.000956. The van der Waals surface area contributed by atoms with Crippen LogP contribution in [-0.4, -0.2) is 46.0 Å². The van der Waals surface area contributed by atoms with Gasteiger partial charge in [-0.25, -0.2) is 0 Å². The third-order valence-corrected chi connectivity index (χ3v) is 3.44. The van der Waals surface area contributed by atoms with Crippen LogP contribution in [0.1, 0.15) is 31.2 Å². The highest BCUT2D eigenvalue weighted by atomic mass is 16.6.